The van der Waals surface area contributed by atoms with Crippen molar-refractivity contribution in [3.63, 3.8) is 0 Å². The Balaban J connectivity index is 3.27. The van der Waals surface area contributed by atoms with Gasteiger partial charge in [0.05, 0.1) is 18.7 Å². The molecule has 0 aliphatic rings. The first-order chi connectivity index (χ1) is 6.60. The lowest BCUT2D eigenvalue weighted by Gasteiger charge is -2.09. The molecule has 0 bridgehead atoms. The second-order valence-electron chi connectivity index (χ2n) is 2.45. The van der Waals surface area contributed by atoms with Crippen LogP contribution < -0.4 is 14.9 Å². The first kappa shape index (κ1) is 11.3. The van der Waals surface area contributed by atoms with Gasteiger partial charge in [-0.1, -0.05) is 0 Å². The van der Waals surface area contributed by atoms with E-state index in [1.165, 1.54) is 20.3 Å². The third-order valence-electron chi connectivity index (χ3n) is 1.61. The summed E-state index contributed by atoms with van der Waals surface area (Å²) in [6.07, 6.45) is 0. The van der Waals surface area contributed by atoms with E-state index in [1.807, 2.05) is 0 Å². The van der Waals surface area contributed by atoms with E-state index in [0.717, 1.165) is 0 Å². The van der Waals surface area contributed by atoms with Gasteiger partial charge in [0.1, 0.15) is 0 Å². The van der Waals surface area contributed by atoms with E-state index in [9.17, 15) is 0 Å². The van der Waals surface area contributed by atoms with Gasteiger partial charge < -0.3 is 19.5 Å². The number of rotatable bonds is 3. The summed E-state index contributed by atoms with van der Waals surface area (Å²) in [6, 6.07) is 1.41. The van der Waals surface area contributed by atoms with Crippen molar-refractivity contribution in [2.45, 2.75) is 0 Å². The van der Waals surface area contributed by atoms with Gasteiger partial charge in [0.25, 0.3) is 0 Å². The molecule has 0 atom stereocenters. The zero-order valence-electron chi connectivity index (χ0n) is 7.69. The molecule has 0 radical (unpaired) electrons. The van der Waals surface area contributed by atoms with Gasteiger partial charge in [-0.25, -0.2) is 0 Å². The largest absolute Gasteiger partial charge is 0.489 e. The maximum absolute atomic E-state index is 9.03. The topological polar surface area (TPSA) is 71.8 Å². The zero-order valence-corrected chi connectivity index (χ0v) is 9.28. The van der Waals surface area contributed by atoms with Gasteiger partial charge in [0.15, 0.2) is 0 Å². The number of nitrogens with zero attached hydrogens (tertiary/aromatic N) is 1. The van der Waals surface area contributed by atoms with E-state index in [2.05, 4.69) is 20.9 Å². The molecule has 0 saturated heterocycles. The van der Waals surface area contributed by atoms with Crippen LogP contribution in [0.2, 0.25) is 0 Å². The van der Waals surface area contributed by atoms with Crippen LogP contribution in [-0.2, 0) is 0 Å². The Morgan fingerprint density at radius 3 is 2.43 bits per heavy atom. The number of ether oxygens (including phenoxy) is 2. The maximum Gasteiger partial charge on any atom is 0.489 e. The number of pyridine rings is 1. The summed E-state index contributed by atoms with van der Waals surface area (Å²) in [7, 11) is 1.26. The average molecular weight is 262 g/mol. The predicted molar refractivity (Wildman–Crippen MR) is 54.9 cm³/mol. The molecule has 1 aromatic rings. The van der Waals surface area contributed by atoms with Crippen LogP contribution >= 0.6 is 15.9 Å². The summed E-state index contributed by atoms with van der Waals surface area (Å²) in [5, 5.41) is 18.1. The normalized spacial score (nSPS) is 9.79. The number of hydrogen-bond donors (Lipinski definition) is 2. The molecule has 0 aliphatic carbocycles. The second-order valence-corrected chi connectivity index (χ2v) is 3.24. The first-order valence-corrected chi connectivity index (χ1v) is 4.54. The maximum atomic E-state index is 9.03. The molecule has 5 nitrogen and oxygen atoms in total. The fourth-order valence-electron chi connectivity index (χ4n) is 0.929. The molecule has 1 rings (SSSR count). The van der Waals surface area contributed by atoms with Crippen LogP contribution in [0.25, 0.3) is 0 Å². The highest BCUT2D eigenvalue weighted by Gasteiger charge is 2.20. The van der Waals surface area contributed by atoms with Crippen molar-refractivity contribution in [1.82, 2.24) is 4.98 Å². The van der Waals surface area contributed by atoms with Crippen molar-refractivity contribution in [3.8, 4) is 11.8 Å². The molecule has 0 aliphatic heterocycles. The summed E-state index contributed by atoms with van der Waals surface area (Å²) in [6.45, 7) is 0. The van der Waals surface area contributed by atoms with Crippen molar-refractivity contribution >= 4 is 28.5 Å². The second kappa shape index (κ2) is 4.63. The van der Waals surface area contributed by atoms with E-state index in [4.69, 9.17) is 19.5 Å². The standard InChI is InChI=1S/C7H9BBrNO4/c1-13-5-3-4(8(11)12)6(9)7(10-5)14-2/h3,11-12H,1-2H3. The minimum absolute atomic E-state index is 0.243. The van der Waals surface area contributed by atoms with Crippen molar-refractivity contribution in [2.75, 3.05) is 14.2 Å². The zero-order chi connectivity index (χ0) is 10.7. The smallest absolute Gasteiger partial charge is 0.481 e. The van der Waals surface area contributed by atoms with Crippen molar-refractivity contribution < 1.29 is 19.5 Å². The molecule has 1 aromatic heterocycles. The molecule has 0 saturated carbocycles. The van der Waals surface area contributed by atoms with Gasteiger partial charge >= 0.3 is 7.12 Å². The van der Waals surface area contributed by atoms with Crippen LogP contribution in [0, 0.1) is 0 Å². The Hall–Kier alpha value is -0.785. The quantitative estimate of drug-likeness (QED) is 0.721. The van der Waals surface area contributed by atoms with Crippen LogP contribution in [0.5, 0.6) is 11.8 Å². The summed E-state index contributed by atoms with van der Waals surface area (Å²) < 4.78 is 10.2. The fourth-order valence-corrected chi connectivity index (χ4v) is 1.50. The van der Waals surface area contributed by atoms with Gasteiger partial charge in [-0.15, -0.1) is 0 Å². The average Bonchev–Trinajstić information content (AvgIpc) is 2.17. The molecule has 0 amide bonds. The molecular weight excluding hydrogens is 253 g/mol. The highest BCUT2D eigenvalue weighted by molar-refractivity contribution is 9.10. The van der Waals surface area contributed by atoms with Gasteiger partial charge in [-0.2, -0.15) is 4.98 Å². The molecule has 0 spiro atoms. The van der Waals surface area contributed by atoms with Crippen LogP contribution in [0.15, 0.2) is 10.5 Å². The number of hydrogen-bond acceptors (Lipinski definition) is 5. The highest BCUT2D eigenvalue weighted by atomic mass is 79.9. The molecule has 14 heavy (non-hydrogen) atoms. The summed E-state index contributed by atoms with van der Waals surface area (Å²) in [5.74, 6) is 0.501. The third kappa shape index (κ3) is 2.17. The summed E-state index contributed by atoms with van der Waals surface area (Å²) in [4.78, 5) is 3.94. The van der Waals surface area contributed by atoms with Gasteiger partial charge in [-0.3, -0.25) is 0 Å². The molecular formula is C7H9BBrNO4. The third-order valence-corrected chi connectivity index (χ3v) is 2.41. The number of methoxy groups -OCH3 is 2. The van der Waals surface area contributed by atoms with Crippen LogP contribution in [0.1, 0.15) is 0 Å². The fraction of sp³-hybridized carbons (Fsp3) is 0.286. The lowest BCUT2D eigenvalue weighted by atomic mass is 9.81. The number of halogens is 1. The monoisotopic (exact) mass is 261 g/mol. The SMILES string of the molecule is COc1cc(B(O)O)c(Br)c(OC)n1. The Bertz CT molecular complexity index is 334. The lowest BCUT2D eigenvalue weighted by Crippen LogP contribution is -2.31. The van der Waals surface area contributed by atoms with Crippen molar-refractivity contribution in [1.29, 1.82) is 0 Å². The van der Waals surface area contributed by atoms with E-state index in [-0.39, 0.29) is 17.2 Å². The van der Waals surface area contributed by atoms with Crippen molar-refractivity contribution in [3.05, 3.63) is 10.5 Å². The Kier molecular flexibility index (Phi) is 3.73. The molecule has 0 unspecified atom stereocenters. The van der Waals surface area contributed by atoms with E-state index in [0.29, 0.717) is 4.47 Å². The highest BCUT2D eigenvalue weighted by Crippen LogP contribution is 2.23. The predicted octanol–water partition coefficient (Wildman–Crippen LogP) is -0.459. The Labute approximate surface area is 90.0 Å². The van der Waals surface area contributed by atoms with E-state index >= 15 is 0 Å². The molecule has 1 heterocycles. The summed E-state index contributed by atoms with van der Waals surface area (Å²) >= 11 is 3.14. The van der Waals surface area contributed by atoms with Crippen molar-refractivity contribution in [2.24, 2.45) is 0 Å². The van der Waals surface area contributed by atoms with E-state index < -0.39 is 7.12 Å². The summed E-state index contributed by atoms with van der Waals surface area (Å²) in [5.41, 5.74) is 0.244. The molecule has 0 fully saturated rings. The van der Waals surface area contributed by atoms with Gasteiger partial charge in [0, 0.05) is 11.5 Å². The van der Waals surface area contributed by atoms with Gasteiger partial charge in [-0.05, 0) is 15.9 Å². The number of aromatic nitrogens is 1. The van der Waals surface area contributed by atoms with Gasteiger partial charge in [0.2, 0.25) is 11.8 Å². The van der Waals surface area contributed by atoms with Crippen LogP contribution in [0.4, 0.5) is 0 Å². The van der Waals surface area contributed by atoms with Crippen LogP contribution in [0.3, 0.4) is 0 Å². The lowest BCUT2D eigenvalue weighted by molar-refractivity contribution is 0.362. The Morgan fingerprint density at radius 1 is 1.36 bits per heavy atom. The molecule has 7 heteroatoms. The minimum atomic E-state index is -1.60. The minimum Gasteiger partial charge on any atom is -0.481 e. The van der Waals surface area contributed by atoms with E-state index in [1.54, 1.807) is 0 Å². The van der Waals surface area contributed by atoms with Crippen LogP contribution in [-0.4, -0.2) is 36.4 Å². The Morgan fingerprint density at radius 2 is 2.00 bits per heavy atom. The molecule has 2 N–H and O–H groups in total. The first-order valence-electron chi connectivity index (χ1n) is 3.74. The molecule has 76 valence electrons. The molecule has 0 aromatic carbocycles.